The Labute approximate surface area is 160 Å². The molecule has 0 radical (unpaired) electrons. The smallest absolute Gasteiger partial charge is 0.0510 e. The van der Waals surface area contributed by atoms with Crippen molar-refractivity contribution in [2.75, 3.05) is 0 Å². The van der Waals surface area contributed by atoms with E-state index in [9.17, 15) is 0 Å². The Kier molecular flexibility index (Phi) is 7.54. The topological polar surface area (TPSA) is 24.7 Å². The summed E-state index contributed by atoms with van der Waals surface area (Å²) in [4.78, 5) is 0. The molecule has 0 aliphatic carbocycles. The molecule has 2 aromatic rings. The average molecular weight is 398 g/mol. The Hall–Kier alpha value is -1.58. The molecule has 0 N–H and O–H groups in total. The predicted octanol–water partition coefficient (Wildman–Crippen LogP) is 6.91. The summed E-state index contributed by atoms with van der Waals surface area (Å²) in [5.41, 5.74) is 1.70. The van der Waals surface area contributed by atoms with Crippen molar-refractivity contribution in [3.05, 3.63) is 81.9 Å². The Morgan fingerprint density at radius 2 is 0.958 bits per heavy atom. The predicted molar refractivity (Wildman–Crippen MR) is 108 cm³/mol. The van der Waals surface area contributed by atoms with Gasteiger partial charge in [0.05, 0.1) is 12.4 Å². The number of hydrogen-bond acceptors (Lipinski definition) is 2. The number of hydrogen-bond donors (Lipinski definition) is 0. The molecule has 0 amide bonds. The maximum atomic E-state index is 6.15. The van der Waals surface area contributed by atoms with Crippen molar-refractivity contribution >= 4 is 68.9 Å². The number of allylic oxidation sites excluding steroid dienone is 2. The van der Waals surface area contributed by atoms with Gasteiger partial charge in [0, 0.05) is 20.1 Å². The van der Waals surface area contributed by atoms with Crippen molar-refractivity contribution in [1.82, 2.24) is 0 Å². The molecular formula is C18H12Cl4N2. The second kappa shape index (κ2) is 9.65. The SMILES string of the molecule is Cl\C(=C/C=N/N=C/C=C(\Cl)c1ccc(Cl)cc1)c1ccc(Cl)cc1. The van der Waals surface area contributed by atoms with Gasteiger partial charge < -0.3 is 0 Å². The maximum Gasteiger partial charge on any atom is 0.0510 e. The van der Waals surface area contributed by atoms with Crippen molar-refractivity contribution in [3.63, 3.8) is 0 Å². The fourth-order valence-electron chi connectivity index (χ4n) is 1.69. The van der Waals surface area contributed by atoms with Crippen molar-refractivity contribution in [1.29, 1.82) is 0 Å². The number of rotatable bonds is 5. The van der Waals surface area contributed by atoms with E-state index in [2.05, 4.69) is 10.2 Å². The molecule has 0 unspecified atom stereocenters. The van der Waals surface area contributed by atoms with Crippen LogP contribution in [0, 0.1) is 0 Å². The molecule has 0 aliphatic heterocycles. The minimum atomic E-state index is 0.542. The molecular weight excluding hydrogens is 386 g/mol. The van der Waals surface area contributed by atoms with Gasteiger partial charge in [0.15, 0.2) is 0 Å². The summed E-state index contributed by atoms with van der Waals surface area (Å²) in [5.74, 6) is 0. The molecule has 0 saturated heterocycles. The molecule has 24 heavy (non-hydrogen) atoms. The number of benzene rings is 2. The summed E-state index contributed by atoms with van der Waals surface area (Å²) in [6.45, 7) is 0. The zero-order valence-corrected chi connectivity index (χ0v) is 15.4. The monoisotopic (exact) mass is 396 g/mol. The molecule has 0 spiro atoms. The summed E-state index contributed by atoms with van der Waals surface area (Å²) >= 11 is 23.9. The van der Waals surface area contributed by atoms with E-state index in [0.717, 1.165) is 11.1 Å². The second-order valence-electron chi connectivity index (χ2n) is 4.57. The normalized spacial score (nSPS) is 13.2. The Bertz CT molecular complexity index is 719. The van der Waals surface area contributed by atoms with Gasteiger partial charge in [0.25, 0.3) is 0 Å². The summed E-state index contributed by atoms with van der Waals surface area (Å²) in [6, 6.07) is 14.4. The highest BCUT2D eigenvalue weighted by atomic mass is 35.5. The van der Waals surface area contributed by atoms with Crippen LogP contribution in [-0.2, 0) is 0 Å². The molecule has 0 heterocycles. The lowest BCUT2D eigenvalue weighted by molar-refractivity contribution is 1.27. The highest BCUT2D eigenvalue weighted by molar-refractivity contribution is 6.50. The van der Waals surface area contributed by atoms with E-state index >= 15 is 0 Å². The standard InChI is InChI=1S/C18H12Cl4N2/c19-15-5-1-13(2-6-15)17(21)9-11-23-24-12-10-18(22)14-3-7-16(20)8-4-14/h1-12H/b17-9-,18-10-,23-11+,24-12+. The van der Waals surface area contributed by atoms with E-state index in [4.69, 9.17) is 46.4 Å². The minimum Gasteiger partial charge on any atom is -0.159 e. The molecule has 2 nitrogen and oxygen atoms in total. The molecule has 0 aliphatic rings. The van der Waals surface area contributed by atoms with Crippen LogP contribution >= 0.6 is 46.4 Å². The Balaban J connectivity index is 1.94. The van der Waals surface area contributed by atoms with Gasteiger partial charge >= 0.3 is 0 Å². The van der Waals surface area contributed by atoms with Crippen molar-refractivity contribution in [2.24, 2.45) is 10.2 Å². The van der Waals surface area contributed by atoms with E-state index < -0.39 is 0 Å². The van der Waals surface area contributed by atoms with Crippen LogP contribution in [0.1, 0.15) is 11.1 Å². The van der Waals surface area contributed by atoms with Crippen LogP contribution in [0.3, 0.4) is 0 Å². The molecule has 0 bridgehead atoms. The van der Waals surface area contributed by atoms with E-state index in [1.807, 2.05) is 24.3 Å². The zero-order valence-electron chi connectivity index (χ0n) is 12.3. The van der Waals surface area contributed by atoms with Gasteiger partial charge in [0.2, 0.25) is 0 Å². The molecule has 0 fully saturated rings. The molecule has 0 saturated carbocycles. The molecule has 2 aromatic carbocycles. The lowest BCUT2D eigenvalue weighted by Gasteiger charge is -1.97. The first-order valence-electron chi connectivity index (χ1n) is 6.86. The van der Waals surface area contributed by atoms with Crippen molar-refractivity contribution < 1.29 is 0 Å². The van der Waals surface area contributed by atoms with E-state index in [0.29, 0.717) is 20.1 Å². The lowest BCUT2D eigenvalue weighted by Crippen LogP contribution is -1.78. The Morgan fingerprint density at radius 3 is 1.29 bits per heavy atom. The molecule has 0 aromatic heterocycles. The summed E-state index contributed by atoms with van der Waals surface area (Å²) < 4.78 is 0. The quantitative estimate of drug-likeness (QED) is 0.386. The van der Waals surface area contributed by atoms with Crippen LogP contribution in [-0.4, -0.2) is 12.4 Å². The van der Waals surface area contributed by atoms with Crippen molar-refractivity contribution in [2.45, 2.75) is 0 Å². The second-order valence-corrected chi connectivity index (χ2v) is 6.26. The zero-order chi connectivity index (χ0) is 17.4. The van der Waals surface area contributed by atoms with Crippen LogP contribution in [0.4, 0.5) is 0 Å². The highest BCUT2D eigenvalue weighted by Gasteiger charge is 1.97. The third-order valence-electron chi connectivity index (χ3n) is 2.88. The van der Waals surface area contributed by atoms with Crippen LogP contribution in [0.5, 0.6) is 0 Å². The summed E-state index contributed by atoms with van der Waals surface area (Å²) in [7, 11) is 0. The van der Waals surface area contributed by atoms with Gasteiger partial charge in [-0.3, -0.25) is 0 Å². The Morgan fingerprint density at radius 1 is 0.625 bits per heavy atom. The van der Waals surface area contributed by atoms with Crippen molar-refractivity contribution in [3.8, 4) is 0 Å². The van der Waals surface area contributed by atoms with Gasteiger partial charge in [-0.1, -0.05) is 70.7 Å². The fraction of sp³-hybridized carbons (Fsp3) is 0. The van der Waals surface area contributed by atoms with Crippen LogP contribution in [0.2, 0.25) is 10.0 Å². The summed E-state index contributed by atoms with van der Waals surface area (Å²) in [6.07, 6.45) is 6.29. The van der Waals surface area contributed by atoms with Crippen LogP contribution < -0.4 is 0 Å². The van der Waals surface area contributed by atoms with Gasteiger partial charge in [-0.2, -0.15) is 10.2 Å². The van der Waals surface area contributed by atoms with E-state index in [-0.39, 0.29) is 0 Å². The molecule has 2 rings (SSSR count). The number of halogens is 4. The van der Waals surface area contributed by atoms with Gasteiger partial charge in [0.1, 0.15) is 0 Å². The third kappa shape index (κ3) is 6.14. The largest absolute Gasteiger partial charge is 0.159 e. The minimum absolute atomic E-state index is 0.542. The van der Waals surface area contributed by atoms with E-state index in [1.54, 1.807) is 36.4 Å². The third-order valence-corrected chi connectivity index (χ3v) is 4.07. The highest BCUT2D eigenvalue weighted by Crippen LogP contribution is 2.21. The first-order valence-corrected chi connectivity index (χ1v) is 8.37. The fourth-order valence-corrected chi connectivity index (χ4v) is 2.30. The van der Waals surface area contributed by atoms with Gasteiger partial charge in [-0.05, 0) is 47.5 Å². The summed E-state index contributed by atoms with van der Waals surface area (Å²) in [5, 5.41) is 10.1. The average Bonchev–Trinajstić information content (AvgIpc) is 2.58. The lowest BCUT2D eigenvalue weighted by atomic mass is 10.2. The van der Waals surface area contributed by atoms with Gasteiger partial charge in [-0.25, -0.2) is 0 Å². The molecule has 0 atom stereocenters. The molecule has 6 heteroatoms. The molecule has 122 valence electrons. The van der Waals surface area contributed by atoms with Gasteiger partial charge in [-0.15, -0.1) is 0 Å². The van der Waals surface area contributed by atoms with Crippen LogP contribution in [0.25, 0.3) is 10.1 Å². The van der Waals surface area contributed by atoms with E-state index in [1.165, 1.54) is 12.4 Å². The first kappa shape index (κ1) is 18.8. The maximum absolute atomic E-state index is 6.15. The number of nitrogens with zero attached hydrogens (tertiary/aromatic N) is 2. The van der Waals surface area contributed by atoms with Crippen LogP contribution in [0.15, 0.2) is 70.9 Å². The first-order chi connectivity index (χ1) is 11.6.